The van der Waals surface area contributed by atoms with Gasteiger partial charge in [0.15, 0.2) is 0 Å². The molecule has 3 nitrogen and oxygen atoms in total. The van der Waals surface area contributed by atoms with E-state index in [0.29, 0.717) is 12.1 Å². The summed E-state index contributed by atoms with van der Waals surface area (Å²) in [6.45, 7) is 0. The second-order valence-corrected chi connectivity index (χ2v) is 4.48. The Morgan fingerprint density at radius 1 is 0.913 bits per heavy atom. The highest BCUT2D eigenvalue weighted by Gasteiger charge is 2.37. The van der Waals surface area contributed by atoms with Crippen LogP contribution in [0.4, 0.5) is 26.3 Å². The van der Waals surface area contributed by atoms with Crippen LogP contribution in [0, 0.1) is 0 Å². The van der Waals surface area contributed by atoms with Crippen LogP contribution >= 0.6 is 0 Å². The van der Waals surface area contributed by atoms with Crippen molar-refractivity contribution < 1.29 is 31.5 Å². The molecule has 0 amide bonds. The van der Waals surface area contributed by atoms with E-state index in [1.807, 2.05) is 0 Å². The van der Waals surface area contributed by atoms with Crippen LogP contribution in [0.25, 0.3) is 0 Å². The average Bonchev–Trinajstić information content (AvgIpc) is 2.47. The molecule has 0 aliphatic rings. The lowest BCUT2D eigenvalue weighted by atomic mass is 9.98. The maximum Gasteiger partial charge on any atom is 0.416 e. The minimum Gasteiger partial charge on any atom is -0.410 e. The average molecular weight is 334 g/mol. The zero-order chi connectivity index (χ0) is 17.3. The Balaban J connectivity index is 2.66. The van der Waals surface area contributed by atoms with E-state index >= 15 is 0 Å². The number of nitrogens with zero attached hydrogens (tertiary/aromatic N) is 2. The summed E-state index contributed by atoms with van der Waals surface area (Å²) in [5.41, 5.74) is -3.89. The lowest BCUT2D eigenvalue weighted by molar-refractivity contribution is -0.143. The molecule has 0 aliphatic carbocycles. The fourth-order valence-corrected chi connectivity index (χ4v) is 1.88. The zero-order valence-corrected chi connectivity index (χ0v) is 11.2. The molecule has 0 unspecified atom stereocenters. The largest absolute Gasteiger partial charge is 0.416 e. The van der Waals surface area contributed by atoms with Crippen molar-refractivity contribution in [1.29, 1.82) is 0 Å². The van der Waals surface area contributed by atoms with Gasteiger partial charge in [0, 0.05) is 23.5 Å². The minimum absolute atomic E-state index is 0.00172. The molecule has 2 aromatic rings. The minimum atomic E-state index is -4.98. The van der Waals surface area contributed by atoms with Crippen molar-refractivity contribution in [2.45, 2.75) is 12.4 Å². The van der Waals surface area contributed by atoms with Crippen molar-refractivity contribution in [3.05, 3.63) is 65.0 Å². The number of aromatic nitrogens is 1. The molecule has 1 aromatic carbocycles. The molecule has 0 saturated carbocycles. The number of rotatable bonds is 2. The van der Waals surface area contributed by atoms with Crippen molar-refractivity contribution >= 4 is 5.71 Å². The Bertz CT molecular complexity index is 690. The standard InChI is InChI=1S/C14H8F6N2O/c15-13(16,17)10-4-9(5-11(6-10)14(18,19)20)12(22-23)8-2-1-3-21-7-8/h1-7,23H. The maximum absolute atomic E-state index is 12.8. The first-order valence-electron chi connectivity index (χ1n) is 6.05. The third-order valence-corrected chi connectivity index (χ3v) is 2.90. The van der Waals surface area contributed by atoms with Crippen LogP contribution in [0.3, 0.4) is 0 Å². The summed E-state index contributed by atoms with van der Waals surface area (Å²) < 4.78 is 76.9. The van der Waals surface area contributed by atoms with Crippen LogP contribution < -0.4 is 0 Å². The number of hydrogen-bond acceptors (Lipinski definition) is 3. The molecular weight excluding hydrogens is 326 g/mol. The second kappa shape index (κ2) is 5.90. The van der Waals surface area contributed by atoms with Crippen molar-refractivity contribution in [3.63, 3.8) is 0 Å². The van der Waals surface area contributed by atoms with Crippen LogP contribution in [0.1, 0.15) is 22.3 Å². The summed E-state index contributed by atoms with van der Waals surface area (Å²) in [6, 6.07) is 3.71. The van der Waals surface area contributed by atoms with E-state index in [1.54, 1.807) is 0 Å². The molecule has 0 atom stereocenters. The Morgan fingerprint density at radius 3 is 1.87 bits per heavy atom. The molecular formula is C14H8F6N2O. The normalized spacial score (nSPS) is 13.2. The van der Waals surface area contributed by atoms with Gasteiger partial charge < -0.3 is 5.21 Å². The molecule has 0 fully saturated rings. The van der Waals surface area contributed by atoms with Crippen molar-refractivity contribution in [2.24, 2.45) is 5.16 Å². The Hall–Kier alpha value is -2.58. The lowest BCUT2D eigenvalue weighted by Crippen LogP contribution is -2.14. The van der Waals surface area contributed by atoms with Gasteiger partial charge in [0.1, 0.15) is 5.71 Å². The third-order valence-electron chi connectivity index (χ3n) is 2.90. The quantitative estimate of drug-likeness (QED) is 0.384. The highest BCUT2D eigenvalue weighted by atomic mass is 19.4. The lowest BCUT2D eigenvalue weighted by Gasteiger charge is -2.14. The molecule has 23 heavy (non-hydrogen) atoms. The van der Waals surface area contributed by atoms with Gasteiger partial charge >= 0.3 is 12.4 Å². The van der Waals surface area contributed by atoms with Crippen molar-refractivity contribution in [2.75, 3.05) is 0 Å². The molecule has 9 heteroatoms. The van der Waals surface area contributed by atoms with Gasteiger partial charge in [0.05, 0.1) is 11.1 Å². The van der Waals surface area contributed by atoms with Crippen molar-refractivity contribution in [3.8, 4) is 0 Å². The molecule has 2 rings (SSSR count). The fraction of sp³-hybridized carbons (Fsp3) is 0.143. The fourth-order valence-electron chi connectivity index (χ4n) is 1.88. The molecule has 0 radical (unpaired) electrons. The number of oxime groups is 1. The van der Waals surface area contributed by atoms with Gasteiger partial charge in [-0.25, -0.2) is 0 Å². The molecule has 122 valence electrons. The SMILES string of the molecule is ON=C(c1cccnc1)c1cc(C(F)(F)F)cc(C(F)(F)F)c1. The highest BCUT2D eigenvalue weighted by molar-refractivity contribution is 6.12. The van der Waals surface area contributed by atoms with E-state index in [4.69, 9.17) is 5.21 Å². The smallest absolute Gasteiger partial charge is 0.410 e. The zero-order valence-electron chi connectivity index (χ0n) is 11.2. The summed E-state index contributed by atoms with van der Waals surface area (Å²) in [4.78, 5) is 3.69. The van der Waals surface area contributed by atoms with Crippen LogP contribution in [-0.4, -0.2) is 15.9 Å². The van der Waals surface area contributed by atoms with Gasteiger partial charge in [-0.2, -0.15) is 26.3 Å². The molecule has 0 aliphatic heterocycles. The van der Waals surface area contributed by atoms with E-state index < -0.39 is 34.8 Å². The van der Waals surface area contributed by atoms with Gasteiger partial charge in [0.25, 0.3) is 0 Å². The van der Waals surface area contributed by atoms with Crippen molar-refractivity contribution in [1.82, 2.24) is 4.98 Å². The van der Waals surface area contributed by atoms with Crippen LogP contribution in [0.2, 0.25) is 0 Å². The summed E-state index contributed by atoms with van der Waals surface area (Å²) in [6.07, 6.45) is -7.45. The predicted octanol–water partition coefficient (Wildman–Crippen LogP) is 4.35. The first-order valence-corrected chi connectivity index (χ1v) is 6.05. The summed E-state index contributed by atoms with van der Waals surface area (Å²) in [5, 5.41) is 11.8. The van der Waals surface area contributed by atoms with Gasteiger partial charge in [0.2, 0.25) is 0 Å². The molecule has 1 aromatic heterocycles. The summed E-state index contributed by atoms with van der Waals surface area (Å²) in [5.74, 6) is 0. The molecule has 1 heterocycles. The number of hydrogen-bond donors (Lipinski definition) is 1. The number of halogens is 6. The Kier molecular flexibility index (Phi) is 4.31. The topological polar surface area (TPSA) is 45.5 Å². The summed E-state index contributed by atoms with van der Waals surface area (Å²) >= 11 is 0. The Labute approximate surface area is 125 Å². The number of alkyl halides is 6. The van der Waals surface area contributed by atoms with Gasteiger partial charge in [-0.3, -0.25) is 4.98 Å². The van der Waals surface area contributed by atoms with Gasteiger partial charge in [-0.15, -0.1) is 0 Å². The van der Waals surface area contributed by atoms with Crippen LogP contribution in [0.5, 0.6) is 0 Å². The first-order chi connectivity index (χ1) is 10.6. The Morgan fingerprint density at radius 2 is 1.48 bits per heavy atom. The molecule has 0 spiro atoms. The van der Waals surface area contributed by atoms with Gasteiger partial charge in [-0.05, 0) is 30.3 Å². The van der Waals surface area contributed by atoms with E-state index in [9.17, 15) is 26.3 Å². The molecule has 0 bridgehead atoms. The van der Waals surface area contributed by atoms with Crippen LogP contribution in [-0.2, 0) is 12.4 Å². The summed E-state index contributed by atoms with van der Waals surface area (Å²) in [7, 11) is 0. The highest BCUT2D eigenvalue weighted by Crippen LogP contribution is 2.36. The predicted molar refractivity (Wildman–Crippen MR) is 68.1 cm³/mol. The molecule has 1 N–H and O–H groups in total. The van der Waals surface area contributed by atoms with Gasteiger partial charge in [-0.1, -0.05) is 5.16 Å². The van der Waals surface area contributed by atoms with E-state index in [1.165, 1.54) is 18.3 Å². The first kappa shape index (κ1) is 16.8. The van der Waals surface area contributed by atoms with E-state index in [0.717, 1.165) is 6.20 Å². The second-order valence-electron chi connectivity index (χ2n) is 4.48. The third kappa shape index (κ3) is 3.79. The van der Waals surface area contributed by atoms with E-state index in [2.05, 4.69) is 10.1 Å². The molecule has 0 saturated heterocycles. The van der Waals surface area contributed by atoms with Crippen LogP contribution in [0.15, 0.2) is 47.9 Å². The maximum atomic E-state index is 12.8. The number of benzene rings is 1. The number of pyridine rings is 1. The van der Waals surface area contributed by atoms with E-state index in [-0.39, 0.29) is 11.6 Å². The monoisotopic (exact) mass is 334 g/mol.